The molecule has 0 aliphatic heterocycles. The second-order valence-electron chi connectivity index (χ2n) is 7.84. The molecular formula is C29H23BrN2O. The highest BCUT2D eigenvalue weighted by Crippen LogP contribution is 2.42. The average Bonchev–Trinajstić information content (AvgIpc) is 2.88. The number of nitrogens with one attached hydrogen (secondary N) is 1. The van der Waals surface area contributed by atoms with Crippen LogP contribution in [0.4, 0.5) is 5.82 Å². The highest BCUT2D eigenvalue weighted by molar-refractivity contribution is 9.10. The molecule has 4 aromatic carbocycles. The molecule has 5 rings (SSSR count). The number of nitrogens with zero attached hydrogens (tertiary/aromatic N) is 1. The largest absolute Gasteiger partial charge is 0.496 e. The summed E-state index contributed by atoms with van der Waals surface area (Å²) in [7, 11) is 1.68. The van der Waals surface area contributed by atoms with Crippen molar-refractivity contribution < 1.29 is 4.74 Å². The number of aromatic nitrogens is 1. The van der Waals surface area contributed by atoms with Gasteiger partial charge in [0.15, 0.2) is 0 Å². The SMILES string of the molecule is COc1cc2c(NC(c3ccccc3)(c3ccccc3)c3ccccc3)nccc2cc1Br. The lowest BCUT2D eigenvalue weighted by Crippen LogP contribution is -2.38. The molecule has 1 N–H and O–H groups in total. The van der Waals surface area contributed by atoms with Crippen molar-refractivity contribution in [2.24, 2.45) is 0 Å². The van der Waals surface area contributed by atoms with Gasteiger partial charge in [-0.15, -0.1) is 0 Å². The molecular weight excluding hydrogens is 472 g/mol. The van der Waals surface area contributed by atoms with Gasteiger partial charge in [-0.2, -0.15) is 0 Å². The zero-order valence-electron chi connectivity index (χ0n) is 18.2. The summed E-state index contributed by atoms with van der Waals surface area (Å²) in [5.74, 6) is 1.55. The van der Waals surface area contributed by atoms with E-state index in [1.807, 2.05) is 36.5 Å². The van der Waals surface area contributed by atoms with E-state index in [1.54, 1.807) is 7.11 Å². The van der Waals surface area contributed by atoms with E-state index in [2.05, 4.69) is 100 Å². The summed E-state index contributed by atoms with van der Waals surface area (Å²) in [6.07, 6.45) is 1.84. The Kier molecular flexibility index (Phi) is 5.84. The van der Waals surface area contributed by atoms with Gasteiger partial charge < -0.3 is 10.1 Å². The van der Waals surface area contributed by atoms with E-state index in [1.165, 1.54) is 0 Å². The highest BCUT2D eigenvalue weighted by atomic mass is 79.9. The molecule has 0 amide bonds. The lowest BCUT2D eigenvalue weighted by molar-refractivity contribution is 0.413. The van der Waals surface area contributed by atoms with Crippen LogP contribution in [0.1, 0.15) is 16.7 Å². The lowest BCUT2D eigenvalue weighted by atomic mass is 9.77. The Labute approximate surface area is 202 Å². The zero-order chi connectivity index (χ0) is 22.7. The molecule has 33 heavy (non-hydrogen) atoms. The Morgan fingerprint density at radius 1 is 0.727 bits per heavy atom. The third kappa shape index (κ3) is 3.87. The van der Waals surface area contributed by atoms with Gasteiger partial charge in [0.25, 0.3) is 0 Å². The summed E-state index contributed by atoms with van der Waals surface area (Å²) < 4.78 is 6.50. The van der Waals surface area contributed by atoms with Crippen LogP contribution in [-0.4, -0.2) is 12.1 Å². The predicted molar refractivity (Wildman–Crippen MR) is 139 cm³/mol. The van der Waals surface area contributed by atoms with Gasteiger partial charge in [-0.25, -0.2) is 4.98 Å². The fraction of sp³-hybridized carbons (Fsp3) is 0.0690. The van der Waals surface area contributed by atoms with Crippen LogP contribution in [-0.2, 0) is 5.54 Å². The lowest BCUT2D eigenvalue weighted by Gasteiger charge is -2.37. The van der Waals surface area contributed by atoms with Crippen LogP contribution in [0.3, 0.4) is 0 Å². The molecule has 0 saturated carbocycles. The summed E-state index contributed by atoms with van der Waals surface area (Å²) in [6.45, 7) is 0. The van der Waals surface area contributed by atoms with Crippen molar-refractivity contribution >= 4 is 32.5 Å². The summed E-state index contributed by atoms with van der Waals surface area (Å²) in [4.78, 5) is 4.79. The Hall–Kier alpha value is -3.63. The minimum Gasteiger partial charge on any atom is -0.496 e. The molecule has 1 aromatic heterocycles. The van der Waals surface area contributed by atoms with E-state index in [-0.39, 0.29) is 0 Å². The van der Waals surface area contributed by atoms with Crippen LogP contribution in [0.2, 0.25) is 0 Å². The van der Waals surface area contributed by atoms with Gasteiger partial charge in [0.05, 0.1) is 11.6 Å². The second kappa shape index (κ2) is 9.08. The zero-order valence-corrected chi connectivity index (χ0v) is 19.8. The molecule has 0 aliphatic rings. The minimum atomic E-state index is -0.647. The summed E-state index contributed by atoms with van der Waals surface area (Å²) in [5.41, 5.74) is 2.74. The van der Waals surface area contributed by atoms with E-state index >= 15 is 0 Å². The first-order valence-corrected chi connectivity index (χ1v) is 11.6. The monoisotopic (exact) mass is 494 g/mol. The van der Waals surface area contributed by atoms with Crippen molar-refractivity contribution in [1.29, 1.82) is 0 Å². The van der Waals surface area contributed by atoms with Crippen molar-refractivity contribution in [3.8, 4) is 5.75 Å². The van der Waals surface area contributed by atoms with Gasteiger partial charge in [0.1, 0.15) is 17.1 Å². The molecule has 5 aromatic rings. The van der Waals surface area contributed by atoms with Crippen molar-refractivity contribution in [3.63, 3.8) is 0 Å². The van der Waals surface area contributed by atoms with Crippen LogP contribution in [0.15, 0.2) is 120 Å². The first-order chi connectivity index (χ1) is 16.2. The first kappa shape index (κ1) is 21.2. The number of hydrogen-bond acceptors (Lipinski definition) is 3. The van der Waals surface area contributed by atoms with E-state index < -0.39 is 5.54 Å². The van der Waals surface area contributed by atoms with Crippen molar-refractivity contribution in [2.45, 2.75) is 5.54 Å². The Bertz CT molecular complexity index is 1280. The maximum absolute atomic E-state index is 5.59. The minimum absolute atomic E-state index is 0.647. The third-order valence-electron chi connectivity index (χ3n) is 5.96. The predicted octanol–water partition coefficient (Wildman–Crippen LogP) is 7.41. The maximum atomic E-state index is 5.59. The van der Waals surface area contributed by atoms with Crippen LogP contribution in [0.5, 0.6) is 5.75 Å². The summed E-state index contributed by atoms with van der Waals surface area (Å²) in [5, 5.41) is 5.94. The number of fused-ring (bicyclic) bond motifs is 1. The third-order valence-corrected chi connectivity index (χ3v) is 6.58. The van der Waals surface area contributed by atoms with Crippen LogP contribution >= 0.6 is 15.9 Å². The number of anilines is 1. The summed E-state index contributed by atoms with van der Waals surface area (Å²) in [6, 6.07) is 37.7. The molecule has 0 radical (unpaired) electrons. The van der Waals surface area contributed by atoms with Crippen molar-refractivity contribution in [2.75, 3.05) is 12.4 Å². The topological polar surface area (TPSA) is 34.1 Å². The van der Waals surface area contributed by atoms with Gasteiger partial charge in [-0.05, 0) is 56.2 Å². The molecule has 4 heteroatoms. The average molecular weight is 495 g/mol. The quantitative estimate of drug-likeness (QED) is 0.249. The van der Waals surface area contributed by atoms with Crippen LogP contribution in [0, 0.1) is 0 Å². The number of benzene rings is 4. The Morgan fingerprint density at radius 3 is 1.73 bits per heavy atom. The number of ether oxygens (including phenoxy) is 1. The smallest absolute Gasteiger partial charge is 0.135 e. The van der Waals surface area contributed by atoms with E-state index in [9.17, 15) is 0 Å². The fourth-order valence-electron chi connectivity index (χ4n) is 4.39. The molecule has 0 aliphatic carbocycles. The van der Waals surface area contributed by atoms with Gasteiger partial charge in [0, 0.05) is 11.6 Å². The molecule has 0 saturated heterocycles. The van der Waals surface area contributed by atoms with Gasteiger partial charge in [0.2, 0.25) is 0 Å². The number of hydrogen-bond donors (Lipinski definition) is 1. The highest BCUT2D eigenvalue weighted by Gasteiger charge is 2.37. The molecule has 1 heterocycles. The van der Waals surface area contributed by atoms with E-state index in [0.29, 0.717) is 0 Å². The normalized spacial score (nSPS) is 11.3. The molecule has 0 bridgehead atoms. The Morgan fingerprint density at radius 2 is 1.24 bits per heavy atom. The van der Waals surface area contributed by atoms with Gasteiger partial charge in [-0.3, -0.25) is 0 Å². The molecule has 162 valence electrons. The fourth-order valence-corrected chi connectivity index (χ4v) is 4.91. The maximum Gasteiger partial charge on any atom is 0.135 e. The molecule has 3 nitrogen and oxygen atoms in total. The Balaban J connectivity index is 1.81. The second-order valence-corrected chi connectivity index (χ2v) is 8.69. The summed E-state index contributed by atoms with van der Waals surface area (Å²) >= 11 is 3.61. The standard InChI is InChI=1S/C29H23BrN2O/c1-33-27-20-25-21(19-26(27)30)17-18-31-28(25)32-29(22-11-5-2-6-12-22,23-13-7-3-8-14-23)24-15-9-4-10-16-24/h2-20H,1H3,(H,31,32). The molecule has 0 unspecified atom stereocenters. The number of halogens is 1. The van der Waals surface area contributed by atoms with E-state index in [0.717, 1.165) is 43.5 Å². The number of rotatable bonds is 6. The van der Waals surface area contributed by atoms with Gasteiger partial charge in [-0.1, -0.05) is 91.0 Å². The van der Waals surface area contributed by atoms with Crippen molar-refractivity contribution in [3.05, 3.63) is 137 Å². The van der Waals surface area contributed by atoms with Crippen molar-refractivity contribution in [1.82, 2.24) is 4.98 Å². The van der Waals surface area contributed by atoms with Crippen LogP contribution < -0.4 is 10.1 Å². The van der Waals surface area contributed by atoms with Gasteiger partial charge >= 0.3 is 0 Å². The number of pyridine rings is 1. The first-order valence-electron chi connectivity index (χ1n) is 10.8. The number of methoxy groups -OCH3 is 1. The molecule has 0 fully saturated rings. The van der Waals surface area contributed by atoms with Crippen LogP contribution in [0.25, 0.3) is 10.8 Å². The molecule has 0 spiro atoms. The molecule has 0 atom stereocenters. The van der Waals surface area contributed by atoms with E-state index in [4.69, 9.17) is 9.72 Å².